The maximum atomic E-state index is 4.93. The van der Waals surface area contributed by atoms with Gasteiger partial charge in [0.25, 0.3) is 0 Å². The van der Waals surface area contributed by atoms with Crippen molar-refractivity contribution in [2.45, 2.75) is 110 Å². The Kier molecular flexibility index (Phi) is 17.5. The molecule has 1 fully saturated rings. The van der Waals surface area contributed by atoms with Gasteiger partial charge in [-0.2, -0.15) is 12.1 Å². The van der Waals surface area contributed by atoms with Crippen LogP contribution in [0.1, 0.15) is 113 Å². The van der Waals surface area contributed by atoms with Crippen LogP contribution in [0, 0.1) is 0 Å². The first-order chi connectivity index (χ1) is 24.8. The second-order valence-corrected chi connectivity index (χ2v) is 18.8. The third-order valence-electron chi connectivity index (χ3n) is 10.6. The molecule has 0 amide bonds. The van der Waals surface area contributed by atoms with Gasteiger partial charge in [-0.3, -0.25) is 0 Å². The fourth-order valence-corrected chi connectivity index (χ4v) is 7.21. The maximum absolute atomic E-state index is 4.93. The zero-order valence-electron chi connectivity index (χ0n) is 31.8. The van der Waals surface area contributed by atoms with Crippen molar-refractivity contribution in [2.24, 2.45) is 0 Å². The van der Waals surface area contributed by atoms with Crippen molar-refractivity contribution in [3.8, 4) is 22.3 Å². The molecule has 0 aromatic heterocycles. The first-order valence-electron chi connectivity index (χ1n) is 18.9. The van der Waals surface area contributed by atoms with E-state index < -0.39 is 20.8 Å². The SMILES string of the molecule is CCC(C)c1ccc(-c2cccc3[cH-]c(C4CCCC4)cc23)cc1.CCc1cc2c(-c3ccc(C(C)CC)cc3)cccc2[cH-]1.C[Si]C.[Cl][Zr+2][Cl]. The van der Waals surface area contributed by atoms with Gasteiger partial charge in [0.05, 0.1) is 0 Å². The van der Waals surface area contributed by atoms with Crippen LogP contribution in [0.2, 0.25) is 13.1 Å². The molecular weight excluding hydrogens is 755 g/mol. The number of hydrogen-bond acceptors (Lipinski definition) is 0. The number of aryl methyl sites for hydroxylation is 1. The molecular formula is C47H56Cl2SiZr. The summed E-state index contributed by atoms with van der Waals surface area (Å²) in [5.74, 6) is 2.07. The molecule has 51 heavy (non-hydrogen) atoms. The van der Waals surface area contributed by atoms with E-state index in [2.05, 4.69) is 157 Å². The number of benzene rings is 4. The fourth-order valence-electron chi connectivity index (χ4n) is 7.21. The Morgan fingerprint density at radius 2 is 1.10 bits per heavy atom. The van der Waals surface area contributed by atoms with Gasteiger partial charge in [0, 0.05) is 9.52 Å². The van der Waals surface area contributed by atoms with Crippen molar-refractivity contribution >= 4 is 48.1 Å². The first-order valence-corrected chi connectivity index (χ1v) is 27.3. The zero-order chi connectivity index (χ0) is 36.8. The Hall–Kier alpha value is -2.22. The molecule has 7 rings (SSSR count). The van der Waals surface area contributed by atoms with Gasteiger partial charge in [0.15, 0.2) is 0 Å². The van der Waals surface area contributed by atoms with Gasteiger partial charge in [-0.25, -0.2) is 0 Å². The van der Waals surface area contributed by atoms with E-state index in [1.165, 1.54) is 99.0 Å². The van der Waals surface area contributed by atoms with E-state index in [9.17, 15) is 0 Å². The van der Waals surface area contributed by atoms with Crippen molar-refractivity contribution in [1.29, 1.82) is 0 Å². The zero-order valence-corrected chi connectivity index (χ0v) is 36.8. The summed E-state index contributed by atoms with van der Waals surface area (Å²) < 4.78 is 0. The molecule has 0 nitrogen and oxygen atoms in total. The topological polar surface area (TPSA) is 0 Å². The number of rotatable bonds is 8. The average Bonchev–Trinajstić information content (AvgIpc) is 3.95. The second-order valence-electron chi connectivity index (χ2n) is 14.0. The summed E-state index contributed by atoms with van der Waals surface area (Å²) in [5.41, 5.74) is 11.3. The van der Waals surface area contributed by atoms with Crippen LogP contribution in [0.3, 0.4) is 0 Å². The van der Waals surface area contributed by atoms with Crippen molar-refractivity contribution in [1.82, 2.24) is 0 Å². The van der Waals surface area contributed by atoms with E-state index in [0.717, 1.165) is 21.9 Å². The van der Waals surface area contributed by atoms with Gasteiger partial charge in [0.2, 0.25) is 0 Å². The van der Waals surface area contributed by atoms with Gasteiger partial charge < -0.3 is 0 Å². The van der Waals surface area contributed by atoms with Crippen LogP contribution in [0.4, 0.5) is 0 Å². The molecule has 0 spiro atoms. The van der Waals surface area contributed by atoms with Crippen molar-refractivity contribution in [3.05, 3.63) is 131 Å². The Morgan fingerprint density at radius 3 is 1.53 bits per heavy atom. The van der Waals surface area contributed by atoms with Gasteiger partial charge >= 0.3 is 37.9 Å². The Bertz CT molecular complexity index is 1870. The van der Waals surface area contributed by atoms with Crippen LogP contribution in [0.15, 0.2) is 109 Å². The van der Waals surface area contributed by atoms with Gasteiger partial charge in [-0.1, -0.05) is 132 Å². The van der Waals surface area contributed by atoms with Gasteiger partial charge in [-0.05, 0) is 72.1 Å². The molecule has 0 saturated heterocycles. The van der Waals surface area contributed by atoms with E-state index >= 15 is 0 Å². The van der Waals surface area contributed by atoms with Gasteiger partial charge in [0.1, 0.15) is 0 Å². The third-order valence-corrected chi connectivity index (χ3v) is 10.6. The summed E-state index contributed by atoms with van der Waals surface area (Å²) in [4.78, 5) is 0. The number of fused-ring (bicyclic) bond motifs is 2. The fraction of sp³-hybridized carbons (Fsp3) is 0.362. The number of halogens is 2. The Morgan fingerprint density at radius 1 is 0.667 bits per heavy atom. The first kappa shape index (κ1) is 41.5. The van der Waals surface area contributed by atoms with Crippen LogP contribution in [0.5, 0.6) is 0 Å². The summed E-state index contributed by atoms with van der Waals surface area (Å²) in [5, 5.41) is 5.57. The Balaban J connectivity index is 0.000000200. The van der Waals surface area contributed by atoms with Crippen LogP contribution in [-0.2, 0) is 27.3 Å². The molecule has 2 unspecified atom stereocenters. The molecule has 4 heteroatoms. The molecule has 1 aliphatic carbocycles. The average molecular weight is 811 g/mol. The molecule has 1 saturated carbocycles. The van der Waals surface area contributed by atoms with E-state index in [-0.39, 0.29) is 0 Å². The second kappa shape index (κ2) is 21.5. The van der Waals surface area contributed by atoms with Crippen LogP contribution in [-0.4, -0.2) is 9.52 Å². The summed E-state index contributed by atoms with van der Waals surface area (Å²) in [6.07, 6.45) is 9.03. The standard InChI is InChI=1S/C24H27.C21H23.C2H6Si.2ClH.Zr/c1-3-17(2)18-11-13-20(14-12-18)23-10-6-9-21-15-22(16-24(21)23)19-7-4-5-8-19;1-4-15(3)17-9-11-18(12-10-17)20-8-6-7-19-13-16(5-2)14-21(19)20;1-3-2;;;/h6,9-17,19H,3-5,7-8H2,1-2H3;6-15H,4-5H2,1-3H3;1-2H3;2*1H;/q2*-1;;;;+4/p-2. The van der Waals surface area contributed by atoms with Crippen molar-refractivity contribution in [2.75, 3.05) is 0 Å². The van der Waals surface area contributed by atoms with Gasteiger partial charge in [-0.15, -0.1) is 69.1 Å². The van der Waals surface area contributed by atoms with E-state index in [0.29, 0.717) is 11.8 Å². The molecule has 0 N–H and O–H groups in total. The summed E-state index contributed by atoms with van der Waals surface area (Å²) in [6, 6.07) is 41.3. The normalized spacial score (nSPS) is 13.7. The minimum absolute atomic E-state index is 0.639. The predicted molar refractivity (Wildman–Crippen MR) is 227 cm³/mol. The monoisotopic (exact) mass is 808 g/mol. The van der Waals surface area contributed by atoms with Crippen molar-refractivity contribution in [3.63, 3.8) is 0 Å². The third kappa shape index (κ3) is 11.1. The Labute approximate surface area is 330 Å². The van der Waals surface area contributed by atoms with Crippen LogP contribution < -0.4 is 0 Å². The van der Waals surface area contributed by atoms with E-state index in [1.54, 1.807) is 5.56 Å². The minimum atomic E-state index is -0.826. The molecule has 0 aliphatic heterocycles. The molecule has 6 aromatic rings. The molecule has 2 radical (unpaired) electrons. The molecule has 1 aliphatic rings. The summed E-state index contributed by atoms with van der Waals surface area (Å²) in [7, 11) is 11.0. The molecule has 2 atom stereocenters. The molecule has 0 heterocycles. The van der Waals surface area contributed by atoms with E-state index in [1.807, 2.05) is 0 Å². The van der Waals surface area contributed by atoms with Crippen LogP contribution in [0.25, 0.3) is 43.8 Å². The number of hydrogen-bond donors (Lipinski definition) is 0. The van der Waals surface area contributed by atoms with Crippen molar-refractivity contribution < 1.29 is 20.8 Å². The predicted octanol–water partition coefficient (Wildman–Crippen LogP) is 15.9. The summed E-state index contributed by atoms with van der Waals surface area (Å²) >= 11 is -0.826. The van der Waals surface area contributed by atoms with E-state index in [4.69, 9.17) is 17.0 Å². The van der Waals surface area contributed by atoms with Crippen LogP contribution >= 0.6 is 17.0 Å². The molecule has 0 bridgehead atoms. The molecule has 266 valence electrons. The molecule has 6 aromatic carbocycles. The summed E-state index contributed by atoms with van der Waals surface area (Å²) in [6.45, 7) is 15.6. The quantitative estimate of drug-likeness (QED) is 0.106.